The van der Waals surface area contributed by atoms with Crippen LogP contribution in [0.2, 0.25) is 0 Å². The fourth-order valence-corrected chi connectivity index (χ4v) is 5.72. The molecule has 2 aromatic rings. The molecule has 0 radical (unpaired) electrons. The highest BCUT2D eigenvalue weighted by atomic mass is 32.2. The van der Waals surface area contributed by atoms with Crippen molar-refractivity contribution in [1.29, 1.82) is 0 Å². The quantitative estimate of drug-likeness (QED) is 0.882. The molecule has 0 unspecified atom stereocenters. The van der Waals surface area contributed by atoms with Crippen LogP contribution in [0.15, 0.2) is 30.3 Å². The third-order valence-electron chi connectivity index (χ3n) is 4.15. The number of amides is 1. The summed E-state index contributed by atoms with van der Waals surface area (Å²) in [7, 11) is -2.90. The molecule has 0 saturated carbocycles. The minimum atomic E-state index is -2.90. The van der Waals surface area contributed by atoms with E-state index in [1.165, 1.54) is 11.3 Å². The lowest BCUT2D eigenvalue weighted by Gasteiger charge is -2.09. The zero-order valence-electron chi connectivity index (χ0n) is 13.5. The van der Waals surface area contributed by atoms with Gasteiger partial charge in [0.1, 0.15) is 5.01 Å². The van der Waals surface area contributed by atoms with Gasteiger partial charge in [-0.2, -0.15) is 0 Å². The molecule has 24 heavy (non-hydrogen) atoms. The van der Waals surface area contributed by atoms with Crippen LogP contribution in [0, 0.1) is 12.8 Å². The summed E-state index contributed by atoms with van der Waals surface area (Å²) in [5.74, 6) is 0.388. The predicted octanol–water partition coefficient (Wildman–Crippen LogP) is 2.21. The summed E-state index contributed by atoms with van der Waals surface area (Å²) in [4.78, 5) is 17.6. The molecule has 1 saturated heterocycles. The Morgan fingerprint density at radius 1 is 1.33 bits per heavy atom. The third-order valence-corrected chi connectivity index (χ3v) is 7.19. The first-order valence-corrected chi connectivity index (χ1v) is 10.6. The number of nitrogens with zero attached hydrogens (tertiary/aromatic N) is 1. The molecule has 3 rings (SSSR count). The molecular weight excluding hydrogens is 344 g/mol. The van der Waals surface area contributed by atoms with Crippen molar-refractivity contribution in [1.82, 2.24) is 10.3 Å². The lowest BCUT2D eigenvalue weighted by atomic mass is 10.1. The van der Waals surface area contributed by atoms with Crippen LogP contribution in [0.25, 0.3) is 10.6 Å². The van der Waals surface area contributed by atoms with Crippen molar-refractivity contribution in [2.75, 3.05) is 18.1 Å². The number of hydrogen-bond donors (Lipinski definition) is 1. The van der Waals surface area contributed by atoms with Crippen LogP contribution in [0.3, 0.4) is 0 Å². The molecule has 1 aliphatic rings. The number of aryl methyl sites for hydroxylation is 1. The first-order chi connectivity index (χ1) is 11.4. The van der Waals surface area contributed by atoms with Crippen molar-refractivity contribution < 1.29 is 13.2 Å². The molecule has 2 heterocycles. The number of hydrogen-bond acceptors (Lipinski definition) is 5. The molecule has 1 amide bonds. The monoisotopic (exact) mass is 364 g/mol. The summed E-state index contributed by atoms with van der Waals surface area (Å²) in [5, 5.41) is 3.78. The van der Waals surface area contributed by atoms with Crippen molar-refractivity contribution in [2.24, 2.45) is 5.92 Å². The lowest BCUT2D eigenvalue weighted by Crippen LogP contribution is -2.30. The van der Waals surface area contributed by atoms with E-state index in [9.17, 15) is 13.2 Å². The summed E-state index contributed by atoms with van der Waals surface area (Å²) in [5.41, 5.74) is 1.92. The Morgan fingerprint density at radius 3 is 2.75 bits per heavy atom. The van der Waals surface area contributed by atoms with Crippen LogP contribution in [-0.4, -0.2) is 37.4 Å². The van der Waals surface area contributed by atoms with Crippen molar-refractivity contribution in [2.45, 2.75) is 19.8 Å². The van der Waals surface area contributed by atoms with Gasteiger partial charge >= 0.3 is 0 Å². The first kappa shape index (κ1) is 17.1. The van der Waals surface area contributed by atoms with Crippen LogP contribution in [0.5, 0.6) is 0 Å². The molecule has 128 valence electrons. The minimum absolute atomic E-state index is 0.0430. The fourth-order valence-electron chi connectivity index (χ4n) is 2.80. The summed E-state index contributed by atoms with van der Waals surface area (Å²) >= 11 is 1.53. The SMILES string of the molecule is Cc1nc(-c2ccccc2)sc1CC(=O)NC[C@@H]1CCS(=O)(=O)C1. The van der Waals surface area contributed by atoms with E-state index in [-0.39, 0.29) is 29.8 Å². The van der Waals surface area contributed by atoms with E-state index in [1.54, 1.807) is 0 Å². The second kappa shape index (κ2) is 7.03. The second-order valence-corrected chi connectivity index (χ2v) is 9.46. The van der Waals surface area contributed by atoms with Crippen LogP contribution in [-0.2, 0) is 21.1 Å². The molecule has 0 bridgehead atoms. The highest BCUT2D eigenvalue weighted by Crippen LogP contribution is 2.28. The number of benzene rings is 1. The van der Waals surface area contributed by atoms with Crippen LogP contribution >= 0.6 is 11.3 Å². The number of thiazole rings is 1. The summed E-state index contributed by atoms with van der Waals surface area (Å²) in [6.07, 6.45) is 0.927. The molecule has 1 fully saturated rings. The van der Waals surface area contributed by atoms with Gasteiger partial charge in [0.05, 0.1) is 23.6 Å². The Labute approximate surface area is 146 Å². The highest BCUT2D eigenvalue weighted by molar-refractivity contribution is 7.91. The van der Waals surface area contributed by atoms with Crippen LogP contribution in [0.1, 0.15) is 17.0 Å². The van der Waals surface area contributed by atoms with E-state index in [4.69, 9.17) is 0 Å². The van der Waals surface area contributed by atoms with Gasteiger partial charge < -0.3 is 5.32 Å². The summed E-state index contributed by atoms with van der Waals surface area (Å²) < 4.78 is 22.9. The number of carbonyl (C=O) groups is 1. The molecule has 1 aromatic carbocycles. The Hall–Kier alpha value is -1.73. The Morgan fingerprint density at radius 2 is 2.08 bits per heavy atom. The predicted molar refractivity (Wildman–Crippen MR) is 95.8 cm³/mol. The van der Waals surface area contributed by atoms with Gasteiger partial charge in [0.25, 0.3) is 0 Å². The largest absolute Gasteiger partial charge is 0.355 e. The van der Waals surface area contributed by atoms with E-state index in [2.05, 4.69) is 10.3 Å². The van der Waals surface area contributed by atoms with E-state index < -0.39 is 9.84 Å². The third kappa shape index (κ3) is 4.21. The highest BCUT2D eigenvalue weighted by Gasteiger charge is 2.28. The van der Waals surface area contributed by atoms with E-state index in [0.29, 0.717) is 13.0 Å². The van der Waals surface area contributed by atoms with Crippen molar-refractivity contribution in [3.63, 3.8) is 0 Å². The van der Waals surface area contributed by atoms with E-state index in [0.717, 1.165) is 21.1 Å². The number of rotatable bonds is 5. The summed E-state index contributed by atoms with van der Waals surface area (Å²) in [6.45, 7) is 2.34. The maximum atomic E-state index is 12.1. The van der Waals surface area contributed by atoms with Gasteiger partial charge in [-0.25, -0.2) is 13.4 Å². The number of nitrogens with one attached hydrogen (secondary N) is 1. The molecular formula is C17H20N2O3S2. The summed E-state index contributed by atoms with van der Waals surface area (Å²) in [6, 6.07) is 9.90. The topological polar surface area (TPSA) is 76.1 Å². The Kier molecular flexibility index (Phi) is 5.01. The average Bonchev–Trinajstić information content (AvgIpc) is 3.09. The van der Waals surface area contributed by atoms with E-state index >= 15 is 0 Å². The van der Waals surface area contributed by atoms with Gasteiger partial charge in [-0.1, -0.05) is 30.3 Å². The molecule has 1 N–H and O–H groups in total. The van der Waals surface area contributed by atoms with Gasteiger partial charge in [0, 0.05) is 17.0 Å². The maximum absolute atomic E-state index is 12.1. The maximum Gasteiger partial charge on any atom is 0.225 e. The van der Waals surface area contributed by atoms with Crippen LogP contribution in [0.4, 0.5) is 0 Å². The van der Waals surface area contributed by atoms with Gasteiger partial charge in [-0.3, -0.25) is 4.79 Å². The zero-order chi connectivity index (χ0) is 17.2. The lowest BCUT2D eigenvalue weighted by molar-refractivity contribution is -0.120. The van der Waals surface area contributed by atoms with Gasteiger partial charge in [-0.05, 0) is 19.3 Å². The Bertz CT molecular complexity index is 829. The molecule has 5 nitrogen and oxygen atoms in total. The van der Waals surface area contributed by atoms with Crippen molar-refractivity contribution >= 4 is 27.1 Å². The number of sulfone groups is 1. The van der Waals surface area contributed by atoms with Crippen molar-refractivity contribution in [3.8, 4) is 10.6 Å². The van der Waals surface area contributed by atoms with Gasteiger partial charge in [0.15, 0.2) is 9.84 Å². The standard InChI is InChI=1S/C17H20N2O3S2/c1-12-15(23-17(19-12)14-5-3-2-4-6-14)9-16(20)18-10-13-7-8-24(21,22)11-13/h2-6,13H,7-11H2,1H3,(H,18,20)/t13-/m0/s1. The molecule has 0 aliphatic carbocycles. The minimum Gasteiger partial charge on any atom is -0.355 e. The van der Waals surface area contributed by atoms with Crippen LogP contribution < -0.4 is 5.32 Å². The second-order valence-electron chi connectivity index (χ2n) is 6.14. The molecule has 7 heteroatoms. The fraction of sp³-hybridized carbons (Fsp3) is 0.412. The number of aromatic nitrogens is 1. The van der Waals surface area contributed by atoms with Gasteiger partial charge in [-0.15, -0.1) is 11.3 Å². The average molecular weight is 364 g/mol. The molecule has 1 aliphatic heterocycles. The first-order valence-electron chi connectivity index (χ1n) is 7.92. The number of carbonyl (C=O) groups excluding carboxylic acids is 1. The van der Waals surface area contributed by atoms with Crippen molar-refractivity contribution in [3.05, 3.63) is 40.9 Å². The molecule has 1 atom stereocenters. The zero-order valence-corrected chi connectivity index (χ0v) is 15.1. The Balaban J connectivity index is 1.58. The molecule has 1 aromatic heterocycles. The van der Waals surface area contributed by atoms with E-state index in [1.807, 2.05) is 37.3 Å². The van der Waals surface area contributed by atoms with Gasteiger partial charge in [0.2, 0.25) is 5.91 Å². The normalized spacial score (nSPS) is 19.3. The smallest absolute Gasteiger partial charge is 0.225 e. The molecule has 0 spiro atoms.